The Bertz CT molecular complexity index is 1270. The summed E-state index contributed by atoms with van der Waals surface area (Å²) < 4.78 is 55.1. The molecule has 12 heteroatoms. The second-order valence-electron chi connectivity index (χ2n) is 7.15. The zero-order valence-corrected chi connectivity index (χ0v) is 17.4. The molecule has 2 heterocycles. The van der Waals surface area contributed by atoms with E-state index in [4.69, 9.17) is 0 Å². The number of benzene rings is 2. The summed E-state index contributed by atoms with van der Waals surface area (Å²) in [5.74, 6) is -4.59. The molecule has 0 spiro atoms. The van der Waals surface area contributed by atoms with Gasteiger partial charge in [0.2, 0.25) is 0 Å². The van der Waals surface area contributed by atoms with E-state index in [0.717, 1.165) is 35.1 Å². The topological polar surface area (TPSA) is 88.3 Å². The highest BCUT2D eigenvalue weighted by atomic mass is 32.2. The lowest BCUT2D eigenvalue weighted by molar-refractivity contribution is -0.126. The van der Waals surface area contributed by atoms with Crippen LogP contribution < -0.4 is 0 Å². The number of thioether (sulfide) groups is 1. The summed E-state index contributed by atoms with van der Waals surface area (Å²) in [6, 6.07) is 5.20. The van der Waals surface area contributed by atoms with Crippen molar-refractivity contribution < 1.29 is 32.3 Å². The quantitative estimate of drug-likeness (QED) is 0.431. The van der Waals surface area contributed by atoms with Crippen molar-refractivity contribution in [2.24, 2.45) is 0 Å². The number of nitrogens with zero attached hydrogens (tertiary/aromatic N) is 4. The highest BCUT2D eigenvalue weighted by Crippen LogP contribution is 2.36. The van der Waals surface area contributed by atoms with Crippen LogP contribution in [0.4, 0.5) is 22.4 Å². The minimum Gasteiger partial charge on any atom is -0.381 e. The van der Waals surface area contributed by atoms with Crippen LogP contribution in [-0.2, 0) is 16.9 Å². The van der Waals surface area contributed by atoms with Gasteiger partial charge in [-0.25, -0.2) is 17.6 Å². The molecule has 0 aliphatic carbocycles. The molecule has 1 unspecified atom stereocenters. The number of β-amino-alcohol motifs (C(OH)–C–C–N with tert-alkyl or cyclic N) is 1. The molecular formula is C21H14F4N4O3S. The summed E-state index contributed by atoms with van der Waals surface area (Å²) in [6.45, 7) is -1.18. The third-order valence-electron chi connectivity index (χ3n) is 4.84. The highest BCUT2D eigenvalue weighted by molar-refractivity contribution is 8.18. The van der Waals surface area contributed by atoms with Crippen LogP contribution in [0.2, 0.25) is 0 Å². The third kappa shape index (κ3) is 4.66. The molecule has 1 aromatic heterocycles. The molecule has 1 aliphatic rings. The van der Waals surface area contributed by atoms with E-state index in [-0.39, 0.29) is 16.0 Å². The first kappa shape index (κ1) is 22.7. The van der Waals surface area contributed by atoms with Crippen LogP contribution in [0.3, 0.4) is 0 Å². The van der Waals surface area contributed by atoms with Gasteiger partial charge in [0, 0.05) is 23.3 Å². The maximum atomic E-state index is 14.6. The average molecular weight is 478 g/mol. The molecule has 3 aromatic rings. The average Bonchev–Trinajstić information content (AvgIpc) is 3.33. The van der Waals surface area contributed by atoms with Crippen LogP contribution in [0.5, 0.6) is 0 Å². The van der Waals surface area contributed by atoms with Gasteiger partial charge < -0.3 is 5.11 Å². The van der Waals surface area contributed by atoms with Gasteiger partial charge in [-0.05, 0) is 36.0 Å². The molecule has 2 amide bonds. The molecule has 0 radical (unpaired) electrons. The molecule has 2 aromatic carbocycles. The van der Waals surface area contributed by atoms with E-state index in [1.165, 1.54) is 12.4 Å². The van der Waals surface area contributed by atoms with Crippen molar-refractivity contribution in [3.63, 3.8) is 0 Å². The number of hydrogen-bond acceptors (Lipinski definition) is 6. The standard InChI is InChI=1S/C21H14F4N4O3S/c22-13-2-1-12(16(24)8-13)7-18-19(30)28(20(31)33-18)10-21(32,11-29-26-5-6-27-29)15-4-3-14(23)9-17(15)25/h1-9,32H,10-11H2/b18-7-. The molecule has 170 valence electrons. The molecule has 1 fully saturated rings. The van der Waals surface area contributed by atoms with E-state index < -0.39 is 53.1 Å². The number of carbonyl (C=O) groups excluding carboxylic acids is 2. The van der Waals surface area contributed by atoms with E-state index in [1.807, 2.05) is 0 Å². The van der Waals surface area contributed by atoms with Crippen LogP contribution in [0.25, 0.3) is 6.08 Å². The Labute approximate surface area is 188 Å². The first-order valence-corrected chi connectivity index (χ1v) is 10.2. The Morgan fingerprint density at radius 2 is 1.58 bits per heavy atom. The Morgan fingerprint density at radius 3 is 2.21 bits per heavy atom. The van der Waals surface area contributed by atoms with Crippen LogP contribution in [-0.4, -0.2) is 42.7 Å². The molecule has 33 heavy (non-hydrogen) atoms. The molecule has 1 aliphatic heterocycles. The SMILES string of the molecule is O=C1S/C(=C\c2ccc(F)cc2F)C(=O)N1CC(O)(Cn1nccn1)c1ccc(F)cc1F. The van der Waals surface area contributed by atoms with Crippen LogP contribution in [0.1, 0.15) is 11.1 Å². The van der Waals surface area contributed by atoms with Crippen molar-refractivity contribution >= 4 is 29.0 Å². The van der Waals surface area contributed by atoms with Crippen molar-refractivity contribution in [2.75, 3.05) is 6.54 Å². The Hall–Kier alpha value is -3.51. The second kappa shape index (κ2) is 8.79. The monoisotopic (exact) mass is 478 g/mol. The molecule has 0 saturated carbocycles. The fourth-order valence-electron chi connectivity index (χ4n) is 3.30. The van der Waals surface area contributed by atoms with E-state index >= 15 is 0 Å². The summed E-state index contributed by atoms with van der Waals surface area (Å²) >= 11 is 0.475. The number of aliphatic hydroxyl groups is 1. The third-order valence-corrected chi connectivity index (χ3v) is 5.75. The molecule has 1 atom stereocenters. The van der Waals surface area contributed by atoms with Gasteiger partial charge in [-0.2, -0.15) is 15.0 Å². The molecule has 0 bridgehead atoms. The number of aromatic nitrogens is 3. The van der Waals surface area contributed by atoms with E-state index in [0.29, 0.717) is 28.8 Å². The van der Waals surface area contributed by atoms with Crippen LogP contribution in [0, 0.1) is 23.3 Å². The zero-order chi connectivity index (χ0) is 23.8. The minimum atomic E-state index is -2.22. The zero-order valence-electron chi connectivity index (χ0n) is 16.6. The highest BCUT2D eigenvalue weighted by Gasteiger charge is 2.43. The summed E-state index contributed by atoms with van der Waals surface area (Å²) in [6.07, 6.45) is 3.69. The van der Waals surface area contributed by atoms with E-state index in [2.05, 4.69) is 10.2 Å². The van der Waals surface area contributed by atoms with Crippen LogP contribution in [0.15, 0.2) is 53.7 Å². The molecule has 7 nitrogen and oxygen atoms in total. The predicted octanol–water partition coefficient (Wildman–Crippen LogP) is 3.46. The number of carbonyl (C=O) groups is 2. The summed E-state index contributed by atoms with van der Waals surface area (Å²) in [5, 5.41) is 18.2. The van der Waals surface area contributed by atoms with Gasteiger partial charge in [-0.15, -0.1) is 0 Å². The van der Waals surface area contributed by atoms with Crippen molar-refractivity contribution in [1.82, 2.24) is 19.9 Å². The molecule has 1 N–H and O–H groups in total. The molecule has 1 saturated heterocycles. The number of amides is 2. The van der Waals surface area contributed by atoms with E-state index in [9.17, 15) is 32.3 Å². The van der Waals surface area contributed by atoms with Crippen molar-refractivity contribution in [2.45, 2.75) is 12.1 Å². The summed E-state index contributed by atoms with van der Waals surface area (Å²) in [4.78, 5) is 26.9. The fourth-order valence-corrected chi connectivity index (χ4v) is 4.13. The van der Waals surface area contributed by atoms with Gasteiger partial charge >= 0.3 is 0 Å². The van der Waals surface area contributed by atoms with Crippen molar-refractivity contribution in [3.05, 3.63) is 88.1 Å². The predicted molar refractivity (Wildman–Crippen MR) is 109 cm³/mol. The Morgan fingerprint density at radius 1 is 0.939 bits per heavy atom. The maximum Gasteiger partial charge on any atom is 0.293 e. The lowest BCUT2D eigenvalue weighted by Gasteiger charge is -2.31. The minimum absolute atomic E-state index is 0.123. The Kier molecular flexibility index (Phi) is 6.04. The fraction of sp³-hybridized carbons (Fsp3) is 0.143. The van der Waals surface area contributed by atoms with Gasteiger partial charge in [-0.1, -0.05) is 6.07 Å². The van der Waals surface area contributed by atoms with E-state index in [1.54, 1.807) is 0 Å². The molecule has 4 rings (SSSR count). The normalized spacial score (nSPS) is 17.1. The van der Waals surface area contributed by atoms with Gasteiger partial charge in [0.1, 0.15) is 28.9 Å². The number of rotatable bonds is 6. The lowest BCUT2D eigenvalue weighted by Crippen LogP contribution is -2.46. The molecular weight excluding hydrogens is 464 g/mol. The van der Waals surface area contributed by atoms with Gasteiger partial charge in [0.25, 0.3) is 11.1 Å². The summed E-state index contributed by atoms with van der Waals surface area (Å²) in [5.41, 5.74) is -2.73. The number of hydrogen-bond donors (Lipinski definition) is 1. The van der Waals surface area contributed by atoms with Gasteiger partial charge in [0.15, 0.2) is 0 Å². The maximum absolute atomic E-state index is 14.6. The first-order valence-electron chi connectivity index (χ1n) is 9.39. The number of imide groups is 1. The first-order chi connectivity index (χ1) is 15.7. The summed E-state index contributed by atoms with van der Waals surface area (Å²) in [7, 11) is 0. The smallest absolute Gasteiger partial charge is 0.293 e. The number of halogens is 4. The largest absolute Gasteiger partial charge is 0.381 e. The van der Waals surface area contributed by atoms with Gasteiger partial charge in [-0.3, -0.25) is 14.5 Å². The lowest BCUT2D eigenvalue weighted by atomic mass is 9.92. The van der Waals surface area contributed by atoms with Crippen LogP contribution >= 0.6 is 11.8 Å². The Balaban J connectivity index is 1.67. The van der Waals surface area contributed by atoms with Crippen molar-refractivity contribution in [1.29, 1.82) is 0 Å². The second-order valence-corrected chi connectivity index (χ2v) is 8.14. The van der Waals surface area contributed by atoms with Crippen molar-refractivity contribution in [3.8, 4) is 0 Å². The van der Waals surface area contributed by atoms with Gasteiger partial charge in [0.05, 0.1) is 30.4 Å².